The Morgan fingerprint density at radius 2 is 1.68 bits per heavy atom. The van der Waals surface area contributed by atoms with Gasteiger partial charge in [0, 0.05) is 11.0 Å². The SMILES string of the molecule is CC.Cc1cc2ccccc2[cH-]1.Cl.Cl.[C-]1=CC=CC1.[CH3-].[Si].[Zr+3]. The Bertz CT molecular complexity index is 462. The number of hydrogen-bond donors (Lipinski definition) is 0. The van der Waals surface area contributed by atoms with Crippen LogP contribution in [0.1, 0.15) is 25.8 Å². The van der Waals surface area contributed by atoms with Crippen molar-refractivity contribution in [3.63, 3.8) is 0 Å². The molecule has 0 heterocycles. The van der Waals surface area contributed by atoms with E-state index in [0.29, 0.717) is 0 Å². The van der Waals surface area contributed by atoms with Crippen LogP contribution in [0.3, 0.4) is 0 Å². The van der Waals surface area contributed by atoms with Gasteiger partial charge in [0.05, 0.1) is 0 Å². The Hall–Kier alpha value is -0.0100. The van der Waals surface area contributed by atoms with E-state index in [-0.39, 0.29) is 69.4 Å². The van der Waals surface area contributed by atoms with Gasteiger partial charge in [-0.15, -0.1) is 71.8 Å². The first kappa shape index (κ1) is 33.6. The first-order chi connectivity index (χ1) is 8.36. The van der Waals surface area contributed by atoms with E-state index in [1.807, 2.05) is 26.0 Å². The molecule has 0 spiro atoms. The van der Waals surface area contributed by atoms with Crippen LogP contribution in [-0.2, 0) is 26.2 Å². The predicted molar refractivity (Wildman–Crippen MR) is 104 cm³/mol. The summed E-state index contributed by atoms with van der Waals surface area (Å²) in [7, 11) is 0. The molecule has 0 saturated carbocycles. The van der Waals surface area contributed by atoms with Crippen molar-refractivity contribution in [1.82, 2.24) is 0 Å². The third-order valence-electron chi connectivity index (χ3n) is 2.35. The van der Waals surface area contributed by atoms with Crippen molar-refractivity contribution in [3.8, 4) is 0 Å². The van der Waals surface area contributed by atoms with Crippen LogP contribution in [0.25, 0.3) is 10.8 Å². The number of fused-ring (bicyclic) bond motifs is 1. The summed E-state index contributed by atoms with van der Waals surface area (Å²) in [6, 6.07) is 12.8. The maximum atomic E-state index is 2.99. The number of halogens is 2. The number of hydrogen-bond acceptors (Lipinski definition) is 0. The van der Waals surface area contributed by atoms with Crippen molar-refractivity contribution in [3.05, 3.63) is 73.7 Å². The molecular formula is C18H25Cl2SiZr. The van der Waals surface area contributed by atoms with Gasteiger partial charge in [-0.25, -0.2) is 12.2 Å². The Kier molecular flexibility index (Phi) is 32.0. The molecule has 0 nitrogen and oxygen atoms in total. The molecule has 0 unspecified atom stereocenters. The summed E-state index contributed by atoms with van der Waals surface area (Å²) >= 11 is 0. The average Bonchev–Trinajstić information content (AvgIpc) is 3.02. The molecule has 0 atom stereocenters. The molecule has 0 fully saturated rings. The Morgan fingerprint density at radius 3 is 2.09 bits per heavy atom. The molecular weight excluding hydrogens is 406 g/mol. The van der Waals surface area contributed by atoms with Crippen LogP contribution in [0.4, 0.5) is 0 Å². The van der Waals surface area contributed by atoms with E-state index in [9.17, 15) is 0 Å². The van der Waals surface area contributed by atoms with Crippen LogP contribution in [0, 0.1) is 20.4 Å². The van der Waals surface area contributed by atoms with E-state index < -0.39 is 0 Å². The van der Waals surface area contributed by atoms with Crippen molar-refractivity contribution in [2.24, 2.45) is 0 Å². The number of allylic oxidation sites excluding steroid dienone is 4. The van der Waals surface area contributed by atoms with Crippen LogP contribution in [-0.4, -0.2) is 11.0 Å². The summed E-state index contributed by atoms with van der Waals surface area (Å²) in [4.78, 5) is 0. The van der Waals surface area contributed by atoms with Crippen molar-refractivity contribution >= 4 is 46.6 Å². The van der Waals surface area contributed by atoms with Crippen LogP contribution in [0.15, 0.2) is 54.6 Å². The fourth-order valence-corrected chi connectivity index (χ4v) is 1.65. The first-order valence-corrected chi connectivity index (χ1v) is 6.20. The standard InChI is InChI=1S/C10H9.C5H5.C2H6.CH3.2ClH.Si.Zr/c1-8-6-9-4-2-3-5-10(9)7-8;1-2-4-5-3-1;1-2;;;;;/h2-7H,1H3;1-3H,4H2;1-2H3;1H3;2*1H;;/q2*-1;;-1;;;;+3. The molecule has 1 aliphatic carbocycles. The summed E-state index contributed by atoms with van der Waals surface area (Å²) < 4.78 is 0. The van der Waals surface area contributed by atoms with Crippen molar-refractivity contribution < 1.29 is 26.2 Å². The second-order valence-corrected chi connectivity index (χ2v) is 3.66. The molecule has 22 heavy (non-hydrogen) atoms. The minimum atomic E-state index is 0. The topological polar surface area (TPSA) is 0 Å². The van der Waals surface area contributed by atoms with Gasteiger partial charge in [0.1, 0.15) is 0 Å². The van der Waals surface area contributed by atoms with E-state index >= 15 is 0 Å². The van der Waals surface area contributed by atoms with Gasteiger partial charge in [0.25, 0.3) is 0 Å². The number of benzene rings is 1. The zero-order valence-corrected chi connectivity index (χ0v) is 18.8. The summed E-state index contributed by atoms with van der Waals surface area (Å²) in [5.41, 5.74) is 1.35. The molecule has 119 valence electrons. The molecule has 3 rings (SSSR count). The van der Waals surface area contributed by atoms with Crippen molar-refractivity contribution in [2.45, 2.75) is 27.2 Å². The molecule has 1 aliphatic rings. The summed E-state index contributed by atoms with van der Waals surface area (Å²) in [6.07, 6.45) is 10.0. The molecule has 0 aromatic heterocycles. The normalized spacial score (nSPS) is 9.05. The molecule has 4 heteroatoms. The fourth-order valence-electron chi connectivity index (χ4n) is 1.65. The van der Waals surface area contributed by atoms with E-state index in [4.69, 9.17) is 0 Å². The third kappa shape index (κ3) is 12.5. The monoisotopic (exact) mass is 429 g/mol. The van der Waals surface area contributed by atoms with Crippen LogP contribution in [0.5, 0.6) is 0 Å². The number of aryl methyl sites for hydroxylation is 1. The third-order valence-corrected chi connectivity index (χ3v) is 2.35. The van der Waals surface area contributed by atoms with Gasteiger partial charge in [-0.05, 0) is 0 Å². The average molecular weight is 432 g/mol. The predicted octanol–water partition coefficient (Wildman–Crippen LogP) is 6.11. The maximum absolute atomic E-state index is 2.99. The zero-order chi connectivity index (χ0) is 12.5. The molecule has 0 saturated heterocycles. The Balaban J connectivity index is -0.0000000714. The van der Waals surface area contributed by atoms with Crippen molar-refractivity contribution in [2.75, 3.05) is 0 Å². The van der Waals surface area contributed by atoms with Gasteiger partial charge < -0.3 is 7.43 Å². The number of rotatable bonds is 0. The largest absolute Gasteiger partial charge is 3.00 e. The van der Waals surface area contributed by atoms with E-state index in [1.165, 1.54) is 16.3 Å². The fraction of sp³-hybridized carbons (Fsp3) is 0.222. The molecule has 5 radical (unpaired) electrons. The Morgan fingerprint density at radius 1 is 1.09 bits per heavy atom. The molecule has 0 aliphatic heterocycles. The summed E-state index contributed by atoms with van der Waals surface area (Å²) in [5, 5.41) is 2.69. The van der Waals surface area contributed by atoms with Crippen molar-refractivity contribution in [1.29, 1.82) is 0 Å². The molecule has 2 aromatic carbocycles. The molecule has 0 amide bonds. The van der Waals surface area contributed by atoms with Crippen LogP contribution >= 0.6 is 24.8 Å². The first-order valence-electron chi connectivity index (χ1n) is 6.20. The minimum Gasteiger partial charge on any atom is -0.358 e. The van der Waals surface area contributed by atoms with Gasteiger partial charge in [-0.2, -0.15) is 12.1 Å². The zero-order valence-electron chi connectivity index (χ0n) is 13.7. The van der Waals surface area contributed by atoms with E-state index in [1.54, 1.807) is 0 Å². The van der Waals surface area contributed by atoms with Gasteiger partial charge in [-0.1, -0.05) is 26.8 Å². The van der Waals surface area contributed by atoms with Gasteiger partial charge in [0.2, 0.25) is 0 Å². The quantitative estimate of drug-likeness (QED) is 0.349. The van der Waals surface area contributed by atoms with Gasteiger partial charge >= 0.3 is 26.2 Å². The molecule has 0 N–H and O–H groups in total. The second kappa shape index (κ2) is 21.0. The Labute approximate surface area is 172 Å². The van der Waals surface area contributed by atoms with Crippen LogP contribution < -0.4 is 0 Å². The van der Waals surface area contributed by atoms with Crippen LogP contribution in [0.2, 0.25) is 0 Å². The van der Waals surface area contributed by atoms with E-state index in [2.05, 4.69) is 55.5 Å². The minimum absolute atomic E-state index is 0. The maximum Gasteiger partial charge on any atom is 3.00 e. The summed E-state index contributed by atoms with van der Waals surface area (Å²) in [5.74, 6) is 0. The molecule has 0 bridgehead atoms. The molecule has 2 aromatic rings. The van der Waals surface area contributed by atoms with Gasteiger partial charge in [0.15, 0.2) is 0 Å². The van der Waals surface area contributed by atoms with E-state index in [0.717, 1.165) is 6.42 Å². The summed E-state index contributed by atoms with van der Waals surface area (Å²) in [6.45, 7) is 6.12. The smallest absolute Gasteiger partial charge is 0.358 e. The second-order valence-electron chi connectivity index (χ2n) is 3.66. The van der Waals surface area contributed by atoms with Gasteiger partial charge in [-0.3, -0.25) is 6.08 Å².